The van der Waals surface area contributed by atoms with E-state index in [-0.39, 0.29) is 11.7 Å². The second-order valence-corrected chi connectivity index (χ2v) is 5.11. The topological polar surface area (TPSA) is 67.3 Å². The van der Waals surface area contributed by atoms with Crippen LogP contribution in [-0.2, 0) is 21.3 Å². The molecule has 0 bridgehead atoms. The Morgan fingerprint density at radius 2 is 2.33 bits per heavy atom. The van der Waals surface area contributed by atoms with E-state index in [9.17, 15) is 9.00 Å². The van der Waals surface area contributed by atoms with E-state index in [1.165, 1.54) is 0 Å². The normalized spacial score (nSPS) is 14.5. The number of carboxylic acids is 1. The molecule has 0 aliphatic rings. The van der Waals surface area contributed by atoms with Crippen molar-refractivity contribution in [1.82, 2.24) is 4.98 Å². The monoisotopic (exact) mass is 227 g/mol. The van der Waals surface area contributed by atoms with Crippen LogP contribution >= 0.6 is 0 Å². The summed E-state index contributed by atoms with van der Waals surface area (Å²) in [6.07, 6.45) is 1.56. The van der Waals surface area contributed by atoms with Crippen LogP contribution in [-0.4, -0.2) is 25.5 Å². The molecule has 1 N–H and O–H groups in total. The lowest BCUT2D eigenvalue weighted by Gasteiger charge is -2.07. The minimum atomic E-state index is -1.18. The molecule has 0 saturated heterocycles. The van der Waals surface area contributed by atoms with Gasteiger partial charge in [-0.15, -0.1) is 0 Å². The number of nitrogens with zero attached hydrogens (tertiary/aromatic N) is 1. The molecule has 4 nitrogen and oxygen atoms in total. The summed E-state index contributed by atoms with van der Waals surface area (Å²) in [6.45, 7) is 1.67. The Morgan fingerprint density at radius 1 is 1.60 bits per heavy atom. The van der Waals surface area contributed by atoms with Crippen molar-refractivity contribution < 1.29 is 14.1 Å². The molecule has 82 valence electrons. The molecule has 5 heteroatoms. The van der Waals surface area contributed by atoms with Crippen molar-refractivity contribution in [3.05, 3.63) is 30.1 Å². The van der Waals surface area contributed by atoms with Crippen LogP contribution in [0.2, 0.25) is 0 Å². The molecule has 1 aromatic heterocycles. The Kier molecular flexibility index (Phi) is 4.42. The number of hydrogen-bond donors (Lipinski definition) is 1. The Morgan fingerprint density at radius 3 is 2.87 bits per heavy atom. The molecule has 0 radical (unpaired) electrons. The lowest BCUT2D eigenvalue weighted by Crippen LogP contribution is -2.17. The fraction of sp³-hybridized carbons (Fsp3) is 0.400. The molecule has 1 heterocycles. The van der Waals surface area contributed by atoms with Crippen LogP contribution in [0, 0.1) is 0 Å². The van der Waals surface area contributed by atoms with Gasteiger partial charge < -0.3 is 5.11 Å². The van der Waals surface area contributed by atoms with Gasteiger partial charge in [-0.2, -0.15) is 0 Å². The van der Waals surface area contributed by atoms with Gasteiger partial charge in [-0.25, -0.2) is 0 Å². The van der Waals surface area contributed by atoms with Crippen LogP contribution < -0.4 is 0 Å². The van der Waals surface area contributed by atoms with Gasteiger partial charge in [0, 0.05) is 22.2 Å². The molecular formula is C10H13NO3S. The first-order chi connectivity index (χ1) is 7.09. The zero-order chi connectivity index (χ0) is 11.3. The Bertz CT molecular complexity index is 353. The Hall–Kier alpha value is -1.23. The molecule has 15 heavy (non-hydrogen) atoms. The van der Waals surface area contributed by atoms with Gasteiger partial charge in [-0.3, -0.25) is 14.0 Å². The second kappa shape index (κ2) is 5.60. The highest BCUT2D eigenvalue weighted by Gasteiger charge is 2.15. The largest absolute Gasteiger partial charge is 0.481 e. The average molecular weight is 227 g/mol. The van der Waals surface area contributed by atoms with Gasteiger partial charge >= 0.3 is 5.97 Å². The minimum Gasteiger partial charge on any atom is -0.481 e. The molecular weight excluding hydrogens is 214 g/mol. The highest BCUT2D eigenvalue weighted by atomic mass is 32.2. The molecule has 2 atom stereocenters. The van der Waals surface area contributed by atoms with Crippen LogP contribution in [0.25, 0.3) is 0 Å². The van der Waals surface area contributed by atoms with Crippen molar-refractivity contribution in [3.8, 4) is 0 Å². The highest BCUT2D eigenvalue weighted by molar-refractivity contribution is 7.84. The van der Waals surface area contributed by atoms with E-state index < -0.39 is 16.8 Å². The third kappa shape index (κ3) is 4.20. The molecule has 0 aliphatic heterocycles. The van der Waals surface area contributed by atoms with Crippen LogP contribution in [0.4, 0.5) is 0 Å². The summed E-state index contributed by atoms with van der Waals surface area (Å²) in [4.78, 5) is 14.5. The van der Waals surface area contributed by atoms with E-state index in [1.807, 2.05) is 6.07 Å². The van der Waals surface area contributed by atoms with Crippen molar-refractivity contribution in [3.63, 3.8) is 0 Å². The summed E-state index contributed by atoms with van der Waals surface area (Å²) in [5.41, 5.74) is 0.730. The number of pyridine rings is 1. The zero-order valence-corrected chi connectivity index (χ0v) is 9.24. The molecule has 0 aromatic carbocycles. The summed E-state index contributed by atoms with van der Waals surface area (Å²) in [5.74, 6) is -0.605. The third-order valence-electron chi connectivity index (χ3n) is 1.93. The maximum absolute atomic E-state index is 11.7. The molecule has 0 aliphatic carbocycles. The van der Waals surface area contributed by atoms with Gasteiger partial charge in [-0.1, -0.05) is 13.0 Å². The van der Waals surface area contributed by atoms with Gasteiger partial charge in [0.15, 0.2) is 0 Å². The second-order valence-electron chi connectivity index (χ2n) is 3.25. The predicted molar refractivity (Wildman–Crippen MR) is 57.8 cm³/mol. The van der Waals surface area contributed by atoms with Gasteiger partial charge in [0.25, 0.3) is 0 Å². The number of aliphatic carboxylic acids is 1. The number of carboxylic acid groups (broad SMARTS) is 1. The molecule has 0 saturated carbocycles. The minimum absolute atomic E-state index is 0.0700. The van der Waals surface area contributed by atoms with E-state index in [2.05, 4.69) is 4.98 Å². The molecule has 0 fully saturated rings. The van der Waals surface area contributed by atoms with Gasteiger partial charge in [-0.05, 0) is 12.1 Å². The summed E-state index contributed by atoms with van der Waals surface area (Å²) in [6, 6.07) is 5.39. The number of hydrogen-bond acceptors (Lipinski definition) is 3. The lowest BCUT2D eigenvalue weighted by atomic mass is 10.3. The van der Waals surface area contributed by atoms with Gasteiger partial charge in [0.1, 0.15) is 0 Å². The quantitative estimate of drug-likeness (QED) is 0.820. The van der Waals surface area contributed by atoms with Gasteiger partial charge in [0.05, 0.1) is 17.9 Å². The van der Waals surface area contributed by atoms with Crippen LogP contribution in [0.5, 0.6) is 0 Å². The molecule has 0 spiro atoms. The molecule has 1 rings (SSSR count). The maximum atomic E-state index is 11.7. The van der Waals surface area contributed by atoms with Crippen molar-refractivity contribution >= 4 is 16.8 Å². The lowest BCUT2D eigenvalue weighted by molar-refractivity contribution is -0.136. The first-order valence-electron chi connectivity index (χ1n) is 4.58. The SMILES string of the molecule is CC(CC(=O)O)S(=O)Cc1ccccn1. The number of aromatic nitrogens is 1. The zero-order valence-electron chi connectivity index (χ0n) is 8.42. The fourth-order valence-corrected chi connectivity index (χ4v) is 2.19. The van der Waals surface area contributed by atoms with Crippen molar-refractivity contribution in [1.29, 1.82) is 0 Å². The maximum Gasteiger partial charge on any atom is 0.304 e. The summed E-state index contributed by atoms with van der Waals surface area (Å²) < 4.78 is 11.7. The number of rotatable bonds is 5. The average Bonchev–Trinajstić information content (AvgIpc) is 2.18. The Balaban J connectivity index is 2.52. The molecule has 1 aromatic rings. The van der Waals surface area contributed by atoms with Crippen LogP contribution in [0.3, 0.4) is 0 Å². The summed E-state index contributed by atoms with van der Waals surface area (Å²) in [7, 11) is -1.18. The van der Waals surface area contributed by atoms with Crippen molar-refractivity contribution in [2.45, 2.75) is 24.3 Å². The third-order valence-corrected chi connectivity index (χ3v) is 3.57. The summed E-state index contributed by atoms with van der Waals surface area (Å²) >= 11 is 0. The van der Waals surface area contributed by atoms with Crippen molar-refractivity contribution in [2.75, 3.05) is 0 Å². The van der Waals surface area contributed by atoms with Crippen LogP contribution in [0.15, 0.2) is 24.4 Å². The smallest absolute Gasteiger partial charge is 0.304 e. The first-order valence-corrected chi connectivity index (χ1v) is 5.96. The van der Waals surface area contributed by atoms with E-state index >= 15 is 0 Å². The van der Waals surface area contributed by atoms with Gasteiger partial charge in [0.2, 0.25) is 0 Å². The van der Waals surface area contributed by atoms with Crippen molar-refractivity contribution in [2.24, 2.45) is 0 Å². The summed E-state index contributed by atoms with van der Waals surface area (Å²) in [5, 5.41) is 8.21. The molecule has 0 amide bonds. The van der Waals surface area contributed by atoms with E-state index in [1.54, 1.807) is 25.3 Å². The fourth-order valence-electron chi connectivity index (χ4n) is 1.11. The van der Waals surface area contributed by atoms with Crippen LogP contribution in [0.1, 0.15) is 19.0 Å². The molecule has 2 unspecified atom stereocenters. The van der Waals surface area contributed by atoms with E-state index in [4.69, 9.17) is 5.11 Å². The van der Waals surface area contributed by atoms with E-state index in [0.29, 0.717) is 5.75 Å². The van der Waals surface area contributed by atoms with E-state index in [0.717, 1.165) is 5.69 Å². The highest BCUT2D eigenvalue weighted by Crippen LogP contribution is 2.07. The standard InChI is InChI=1S/C10H13NO3S/c1-8(6-10(12)13)15(14)7-9-4-2-3-5-11-9/h2-5,8H,6-7H2,1H3,(H,12,13). The Labute approximate surface area is 90.8 Å². The predicted octanol–water partition coefficient (Wildman–Crippen LogP) is 1.19. The number of carbonyl (C=O) groups is 1. The first kappa shape index (κ1) is 11.8.